The number of carbonyl (C=O) groups is 9. The molecule has 5 heterocycles. The van der Waals surface area contributed by atoms with Crippen LogP contribution < -0.4 is 30.3 Å². The number of rotatable bonds is 60. The number of hydrogen-bond acceptors (Lipinski definition) is 39. The van der Waals surface area contributed by atoms with Gasteiger partial charge in [-0.3, -0.25) is 53.4 Å². The van der Waals surface area contributed by atoms with E-state index < -0.39 is 162 Å². The number of carbonyl (C=O) groups excluding carboxylic acids is 9. The molecular weight excluding hydrogens is 1960 g/mol. The third-order valence-electron chi connectivity index (χ3n) is 23.0. The molecule has 0 radical (unpaired) electrons. The molecule has 762 valence electrons. The van der Waals surface area contributed by atoms with Crippen LogP contribution >= 0.6 is 55.9 Å². The molecule has 0 saturated carbocycles. The number of ketones is 3. The third-order valence-corrected chi connectivity index (χ3v) is 28.9. The Balaban J connectivity index is 0.773. The first kappa shape index (κ1) is 115. The molecule has 40 nitrogen and oxygen atoms in total. The maximum Gasteiger partial charge on any atom is 0.411 e. The molecule has 2 aliphatic carbocycles. The topological polar surface area (TPSA) is 502 Å². The molecule has 8 rings (SSSR count). The minimum absolute atomic E-state index is 0.00623. The van der Waals surface area contributed by atoms with Gasteiger partial charge in [-0.2, -0.15) is 5.48 Å². The number of alkyl carbamates (subject to hydrolysis) is 1. The number of aliphatic hydroxyl groups excluding tert-OH is 5. The van der Waals surface area contributed by atoms with Crippen molar-refractivity contribution < 1.29 is 169 Å². The van der Waals surface area contributed by atoms with Gasteiger partial charge in [-0.15, -0.1) is 0 Å². The van der Waals surface area contributed by atoms with Crippen LogP contribution in [0.2, 0.25) is 0 Å². The Morgan fingerprint density at radius 1 is 0.699 bits per heavy atom. The van der Waals surface area contributed by atoms with Gasteiger partial charge in [0.25, 0.3) is 11.8 Å². The fraction of sp³-hybridized carbons (Fsp3) is 0.707. The van der Waals surface area contributed by atoms with Gasteiger partial charge < -0.3 is 131 Å². The quantitative estimate of drug-likeness (QED) is 0.0111. The molecule has 136 heavy (non-hydrogen) atoms. The molecule has 5 amide bonds. The summed E-state index contributed by atoms with van der Waals surface area (Å²) in [4.78, 5) is 125. The Hall–Kier alpha value is -6.41. The summed E-state index contributed by atoms with van der Waals surface area (Å²) in [6.45, 7) is 19.7. The molecule has 1 aromatic rings. The number of nitrogens with one attached hydrogen (secondary N) is 3. The van der Waals surface area contributed by atoms with Crippen LogP contribution in [0.1, 0.15) is 135 Å². The number of allylic oxidation sites excluding steroid dienone is 3. The Bertz CT molecular complexity index is 4300. The van der Waals surface area contributed by atoms with E-state index in [2.05, 4.69) is 39.8 Å². The third kappa shape index (κ3) is 35.0. The van der Waals surface area contributed by atoms with Gasteiger partial charge in [0.15, 0.2) is 41.8 Å². The highest BCUT2D eigenvalue weighted by Gasteiger charge is 2.53. The Kier molecular flexibility index (Phi) is 50.2. The smallest absolute Gasteiger partial charge is 0.411 e. The van der Waals surface area contributed by atoms with Crippen molar-refractivity contribution in [2.75, 3.05) is 173 Å². The van der Waals surface area contributed by atoms with Crippen LogP contribution in [0.25, 0.3) is 0 Å². The van der Waals surface area contributed by atoms with E-state index in [1.807, 2.05) is 43.4 Å². The van der Waals surface area contributed by atoms with Crippen LogP contribution in [0.15, 0.2) is 47.2 Å². The van der Waals surface area contributed by atoms with Gasteiger partial charge in [0.1, 0.15) is 36.0 Å². The zero-order valence-corrected chi connectivity index (χ0v) is 83.7. The molecule has 0 unspecified atom stereocenters. The molecule has 5 aliphatic heterocycles. The fourth-order valence-corrected chi connectivity index (χ4v) is 19.8. The number of imide groups is 1. The summed E-state index contributed by atoms with van der Waals surface area (Å²) in [6, 6.07) is -1.75. The number of hydrogen-bond donors (Lipinski definition) is 9. The first-order chi connectivity index (χ1) is 65.2. The Labute approximate surface area is 819 Å². The number of aliphatic hydroxyl groups is 6. The molecule has 0 spiro atoms. The lowest BCUT2D eigenvalue weighted by Crippen LogP contribution is -2.65. The van der Waals surface area contributed by atoms with Crippen LogP contribution in [0, 0.1) is 40.1 Å². The molecular formula is C92H134IN5O35S3. The highest BCUT2D eigenvalue weighted by atomic mass is 127. The number of Topliss-reactive ketones (excluding diaryl/α,β-unsaturated/α-hetero) is 3. The number of ether oxygens (including phenoxy) is 19. The number of amides is 5. The largest absolute Gasteiger partial charge is 0.492 e. The molecule has 4 saturated heterocycles. The summed E-state index contributed by atoms with van der Waals surface area (Å²) in [6.07, 6.45) is -10.2. The summed E-state index contributed by atoms with van der Waals surface area (Å²) in [5.74, 6) is 8.66. The highest BCUT2D eigenvalue weighted by molar-refractivity contribution is 14.1. The molecule has 0 aromatic heterocycles. The predicted molar refractivity (Wildman–Crippen MR) is 502 cm³/mol. The van der Waals surface area contributed by atoms with Crippen LogP contribution in [0.4, 0.5) is 4.79 Å². The van der Waals surface area contributed by atoms with E-state index in [-0.39, 0.29) is 127 Å². The minimum Gasteiger partial charge on any atom is -0.492 e. The lowest BCUT2D eigenvalue weighted by Gasteiger charge is -2.47. The van der Waals surface area contributed by atoms with Crippen molar-refractivity contribution >= 4 is 108 Å². The van der Waals surface area contributed by atoms with Gasteiger partial charge >= 0.3 is 6.09 Å². The summed E-state index contributed by atoms with van der Waals surface area (Å²) in [7, 11) is 8.07. The van der Waals surface area contributed by atoms with Crippen LogP contribution in [0.3, 0.4) is 0 Å². The van der Waals surface area contributed by atoms with Crippen LogP contribution in [-0.4, -0.2) is 379 Å². The first-order valence-corrected chi connectivity index (χ1v) is 49.8. The highest BCUT2D eigenvalue weighted by Crippen LogP contribution is 2.50. The molecule has 1 aromatic carbocycles. The number of likely N-dealkylation sites (N-methyl/N-ethyl adjacent to an activating group) is 1. The number of thioether (sulfide) groups is 1. The van der Waals surface area contributed by atoms with E-state index in [0.29, 0.717) is 147 Å². The van der Waals surface area contributed by atoms with Gasteiger partial charge in [0, 0.05) is 125 Å². The van der Waals surface area contributed by atoms with Crippen molar-refractivity contribution in [1.29, 1.82) is 0 Å². The maximum atomic E-state index is 14.6. The van der Waals surface area contributed by atoms with E-state index in [0.717, 1.165) is 23.8 Å². The van der Waals surface area contributed by atoms with Gasteiger partial charge in [0.2, 0.25) is 29.0 Å². The summed E-state index contributed by atoms with van der Waals surface area (Å²) < 4.78 is 112. The maximum absolute atomic E-state index is 14.6. The second kappa shape index (κ2) is 59.5. The predicted octanol–water partition coefficient (Wildman–Crippen LogP) is 3.98. The van der Waals surface area contributed by atoms with Gasteiger partial charge in [-0.05, 0) is 108 Å². The molecule has 19 atom stereocenters. The Morgan fingerprint density at radius 3 is 1.88 bits per heavy atom. The van der Waals surface area contributed by atoms with Crippen molar-refractivity contribution in [3.8, 4) is 40.9 Å². The van der Waals surface area contributed by atoms with Crippen molar-refractivity contribution in [1.82, 2.24) is 25.9 Å². The molecule has 2 bridgehead atoms. The normalized spacial score (nSPS) is 27.2. The summed E-state index contributed by atoms with van der Waals surface area (Å²) >= 11 is 2.75. The Morgan fingerprint density at radius 2 is 1.29 bits per heavy atom. The first-order valence-electron chi connectivity index (χ1n) is 45.5. The number of hydroxylamine groups is 1. The van der Waals surface area contributed by atoms with E-state index in [1.165, 1.54) is 74.1 Å². The fourth-order valence-electron chi connectivity index (χ4n) is 15.6. The zero-order valence-electron chi connectivity index (χ0n) is 79.1. The lowest BCUT2D eigenvalue weighted by atomic mass is 9.75. The second-order valence-electron chi connectivity index (χ2n) is 33.2. The summed E-state index contributed by atoms with van der Waals surface area (Å²) in [5.41, 5.74) is 0.673. The standard InChI is InChI=1S/C92H134IN5O35S3/c1-13-97(59(6)100)64-54-126-72(51-68(64)114-9)131-84-81(110)77(96-133-73-50-65(103)86(58(5)127-73)135-87(111)74-55(2)76(93)83(85(116-11)82(74)115-10)132-88-80(109)62(53-99)79(108)57(4)129-88)56(3)128-89(84)130-67-22-16-14-15-17-29-92(113)52-66(104)78(95-90(112)117-12)75(67)63(92)28-49-134-136-91(7,8)30-25-69(105)94-31-18-20-61(102)27-34-119-36-38-121-40-42-123-44-46-125-48-47-124-45-43-122-41-39-120-37-35-118-33-19-21-60(101)26-32-98-70(106)23-24-71(98)107/h14-15,23-24,28,56-58,62,64-65,67-68,72-73,77,79-81,84,86,88-89,96,99,103,108-110,113H,13,18-21,25-27,30-54H2,1-12H3,(H,94,105)(H,95,112)/b15-14-,63-28+/t56-,57+,58-,62-,64+,65+,67+,68+,72+,73+,77-,79+,80-,81+,84-,86-,88+,89+,92+/m1/s1. The number of halogens is 1. The second-order valence-corrected chi connectivity index (χ2v) is 38.5. The van der Waals surface area contributed by atoms with Crippen LogP contribution in [-0.2, 0) is 114 Å². The average Bonchev–Trinajstić information content (AvgIpc) is 0.971. The molecule has 9 N–H and O–H groups in total. The molecule has 4 fully saturated rings. The van der Waals surface area contributed by atoms with Crippen molar-refractivity contribution in [2.24, 2.45) is 5.92 Å². The van der Waals surface area contributed by atoms with Crippen molar-refractivity contribution in [2.45, 2.75) is 240 Å². The zero-order chi connectivity index (χ0) is 99.0. The minimum atomic E-state index is -2.23. The van der Waals surface area contributed by atoms with Crippen molar-refractivity contribution in [3.63, 3.8) is 0 Å². The van der Waals surface area contributed by atoms with E-state index in [4.69, 9.17) is 94.8 Å². The van der Waals surface area contributed by atoms with Crippen LogP contribution in [0.5, 0.6) is 17.2 Å². The van der Waals surface area contributed by atoms with Gasteiger partial charge in [-0.1, -0.05) is 63.1 Å². The number of fused-ring (bicyclic) bond motifs is 2. The molecule has 7 aliphatic rings. The molecule has 44 heteroatoms. The van der Waals surface area contributed by atoms with E-state index in [1.54, 1.807) is 38.7 Å². The van der Waals surface area contributed by atoms with E-state index in [9.17, 15) is 73.8 Å². The number of nitrogens with zero attached hydrogens (tertiary/aromatic N) is 2. The number of benzene rings is 1. The number of methoxy groups -OCH3 is 4. The SMILES string of the molecule is CCN(C(C)=O)[C@H]1CO[C@@H](O[C@H]2[C@H](O[C@H]3C#C/C=C\C#C[C@]4(O)CC(=O)C(NC(=O)OC)=C3/C4=C\CSSC(C)(C)CCC(=O)NCCCC(=O)CCOCCOCCOCCOCCOCCOCCOCCOCCCC(=O)CCN3C(=O)C=CC3=O)O[C@H](C)[C@@H](NO[C@H]3C[C@H](O)[C@H](SC(=O)c4c(C)c(I)c(O[C@@H]5O[C@@H](C)[C@H](O)[C@@H](CO)[C@H]5O)c(OC)c4OC)[C@@H](C)O3)[C@@H]2O)C[C@@H]1OC. The van der Waals surface area contributed by atoms with Gasteiger partial charge in [0.05, 0.1) is 209 Å². The van der Waals surface area contributed by atoms with Crippen molar-refractivity contribution in [3.05, 3.63) is 61.9 Å². The lowest BCUT2D eigenvalue weighted by molar-refractivity contribution is -0.337. The van der Waals surface area contributed by atoms with E-state index >= 15 is 0 Å². The monoisotopic (exact) mass is 2090 g/mol. The average molecular weight is 2090 g/mol. The van der Waals surface area contributed by atoms with Gasteiger partial charge in [-0.25, -0.2) is 4.79 Å². The summed E-state index contributed by atoms with van der Waals surface area (Å²) in [5, 5.41) is 73.2.